The molecule has 1 unspecified atom stereocenters. The highest BCUT2D eigenvalue weighted by Gasteiger charge is 2.26. The maximum absolute atomic E-state index is 12.7. The summed E-state index contributed by atoms with van der Waals surface area (Å²) in [4.78, 5) is 25.1. The Morgan fingerprint density at radius 3 is 2.38 bits per heavy atom. The third-order valence-corrected chi connectivity index (χ3v) is 5.72. The van der Waals surface area contributed by atoms with E-state index in [0.717, 1.165) is 12.8 Å². The van der Waals surface area contributed by atoms with Crippen molar-refractivity contribution < 1.29 is 13.8 Å². The monoisotopic (exact) mass is 349 g/mol. The van der Waals surface area contributed by atoms with Gasteiger partial charge in [-0.05, 0) is 43.2 Å². The molecular weight excluding hydrogens is 326 g/mol. The minimum atomic E-state index is -1.23. The zero-order valence-electron chi connectivity index (χ0n) is 14.0. The first kappa shape index (κ1) is 18.4. The number of hydrogen-bond donors (Lipinski definition) is 1. The van der Waals surface area contributed by atoms with Gasteiger partial charge in [0.2, 0.25) is 11.8 Å². The van der Waals surface area contributed by atoms with Gasteiger partial charge in [-0.3, -0.25) is 9.59 Å². The summed E-state index contributed by atoms with van der Waals surface area (Å²) in [5.41, 5.74) is 0.641. The van der Waals surface area contributed by atoms with Crippen molar-refractivity contribution in [3.63, 3.8) is 0 Å². The smallest absolute Gasteiger partial charge is 0.247 e. The van der Waals surface area contributed by atoms with Crippen LogP contribution in [-0.4, -0.2) is 51.4 Å². The van der Waals surface area contributed by atoms with Gasteiger partial charge in [0.25, 0.3) is 0 Å². The van der Waals surface area contributed by atoms with Crippen LogP contribution in [0.15, 0.2) is 41.8 Å². The fourth-order valence-corrected chi connectivity index (χ4v) is 3.86. The molecule has 6 nitrogen and oxygen atoms in total. The van der Waals surface area contributed by atoms with Gasteiger partial charge in [0.1, 0.15) is 11.0 Å². The number of carbonyl (C=O) groups is 2. The summed E-state index contributed by atoms with van der Waals surface area (Å²) in [5.74, 6) is -0.215. The Hall–Kier alpha value is -1.99. The summed E-state index contributed by atoms with van der Waals surface area (Å²) < 4.78 is 14.6. The molecule has 1 atom stereocenters. The predicted molar refractivity (Wildman–Crippen MR) is 94.7 cm³/mol. The van der Waals surface area contributed by atoms with E-state index in [0.29, 0.717) is 23.7 Å². The molecule has 1 aromatic rings. The topological polar surface area (TPSA) is 69.7 Å². The lowest BCUT2D eigenvalue weighted by Gasteiger charge is -2.35. The fraction of sp³-hybridized carbons (Fsp3) is 0.412. The molecule has 24 heavy (non-hydrogen) atoms. The lowest BCUT2D eigenvalue weighted by molar-refractivity contribution is -0.130. The van der Waals surface area contributed by atoms with Crippen molar-refractivity contribution in [1.29, 1.82) is 0 Å². The summed E-state index contributed by atoms with van der Waals surface area (Å²) in [6.07, 6.45) is 2.83. The van der Waals surface area contributed by atoms with E-state index in [2.05, 4.69) is 11.9 Å². The number of hydrogen-bond acceptors (Lipinski definition) is 3. The van der Waals surface area contributed by atoms with Gasteiger partial charge >= 0.3 is 0 Å². The van der Waals surface area contributed by atoms with Crippen LogP contribution in [0.4, 0.5) is 5.69 Å². The third-order valence-electron chi connectivity index (χ3n) is 4.21. The minimum absolute atomic E-state index is 0.0618. The first-order valence-corrected chi connectivity index (χ1v) is 8.96. The number of benzene rings is 1. The average Bonchev–Trinajstić information content (AvgIpc) is 2.61. The highest BCUT2D eigenvalue weighted by molar-refractivity contribution is 7.82. The molecule has 1 saturated heterocycles. The molecule has 1 fully saturated rings. The van der Waals surface area contributed by atoms with Crippen LogP contribution in [0.1, 0.15) is 19.8 Å². The van der Waals surface area contributed by atoms with E-state index in [1.807, 2.05) is 11.4 Å². The Morgan fingerprint density at radius 1 is 1.29 bits per heavy atom. The summed E-state index contributed by atoms with van der Waals surface area (Å²) in [6.45, 7) is 6.34. The Balaban J connectivity index is 1.94. The van der Waals surface area contributed by atoms with Crippen LogP contribution >= 0.6 is 0 Å². The summed E-state index contributed by atoms with van der Waals surface area (Å²) in [6, 6.07) is 7.17. The molecule has 1 heterocycles. The van der Waals surface area contributed by atoms with Gasteiger partial charge in [-0.25, -0.2) is 8.51 Å². The summed E-state index contributed by atoms with van der Waals surface area (Å²) >= 11 is 0. The van der Waals surface area contributed by atoms with E-state index < -0.39 is 11.0 Å². The molecule has 1 aliphatic rings. The highest BCUT2D eigenvalue weighted by Crippen LogP contribution is 2.21. The van der Waals surface area contributed by atoms with E-state index >= 15 is 0 Å². The predicted octanol–water partition coefficient (Wildman–Crippen LogP) is 1.78. The van der Waals surface area contributed by atoms with Crippen molar-refractivity contribution in [2.24, 2.45) is 0 Å². The minimum Gasteiger partial charge on any atom is -0.343 e. The average molecular weight is 349 g/mol. The molecule has 0 aliphatic carbocycles. The SMILES string of the molecule is C=CC(=O)Nc1ccc(S(=O)N2CCC(N(C)C(C)=O)CC2)cc1. The number of rotatable bonds is 5. The van der Waals surface area contributed by atoms with E-state index in [1.54, 1.807) is 36.1 Å². The molecule has 7 heteroatoms. The van der Waals surface area contributed by atoms with Crippen LogP contribution in [0, 0.1) is 0 Å². The van der Waals surface area contributed by atoms with Gasteiger partial charge in [-0.2, -0.15) is 0 Å². The molecule has 1 aliphatic heterocycles. The molecule has 2 rings (SSSR count). The number of anilines is 1. The molecule has 0 bridgehead atoms. The Labute approximate surface area is 145 Å². The molecule has 0 radical (unpaired) electrons. The quantitative estimate of drug-likeness (QED) is 0.824. The van der Waals surface area contributed by atoms with Crippen LogP contribution in [0.25, 0.3) is 0 Å². The van der Waals surface area contributed by atoms with Crippen LogP contribution in [0.3, 0.4) is 0 Å². The number of piperidine rings is 1. The normalized spacial score (nSPS) is 17.1. The van der Waals surface area contributed by atoms with Crippen molar-refractivity contribution in [2.75, 3.05) is 25.5 Å². The zero-order chi connectivity index (χ0) is 17.7. The van der Waals surface area contributed by atoms with Gasteiger partial charge in [-0.1, -0.05) is 6.58 Å². The highest BCUT2D eigenvalue weighted by atomic mass is 32.2. The first-order valence-electron chi connectivity index (χ1n) is 7.86. The molecule has 1 aromatic carbocycles. The molecular formula is C17H23N3O3S. The van der Waals surface area contributed by atoms with E-state index in [4.69, 9.17) is 0 Å². The molecule has 130 valence electrons. The van der Waals surface area contributed by atoms with Crippen LogP contribution in [0.2, 0.25) is 0 Å². The number of nitrogens with one attached hydrogen (secondary N) is 1. The Kier molecular flexibility index (Phi) is 6.28. The summed E-state index contributed by atoms with van der Waals surface area (Å²) in [7, 11) is 0.581. The van der Waals surface area contributed by atoms with Crippen molar-refractivity contribution in [3.8, 4) is 0 Å². The molecule has 2 amide bonds. The van der Waals surface area contributed by atoms with Crippen molar-refractivity contribution >= 4 is 28.5 Å². The van der Waals surface area contributed by atoms with Crippen molar-refractivity contribution in [1.82, 2.24) is 9.21 Å². The maximum atomic E-state index is 12.7. The molecule has 0 spiro atoms. The number of carbonyl (C=O) groups excluding carboxylic acids is 2. The first-order chi connectivity index (χ1) is 11.4. The molecule has 1 N–H and O–H groups in total. The zero-order valence-corrected chi connectivity index (χ0v) is 14.8. The van der Waals surface area contributed by atoms with Gasteiger partial charge < -0.3 is 10.2 Å². The van der Waals surface area contributed by atoms with Crippen molar-refractivity contribution in [3.05, 3.63) is 36.9 Å². The van der Waals surface area contributed by atoms with E-state index in [-0.39, 0.29) is 17.9 Å². The number of amides is 2. The van der Waals surface area contributed by atoms with Crippen LogP contribution < -0.4 is 5.32 Å². The van der Waals surface area contributed by atoms with Crippen molar-refractivity contribution in [2.45, 2.75) is 30.7 Å². The van der Waals surface area contributed by atoms with Crippen LogP contribution in [0.5, 0.6) is 0 Å². The van der Waals surface area contributed by atoms with Gasteiger partial charge in [0.05, 0.1) is 4.90 Å². The number of nitrogens with zero attached hydrogens (tertiary/aromatic N) is 2. The Morgan fingerprint density at radius 2 is 1.88 bits per heavy atom. The maximum Gasteiger partial charge on any atom is 0.247 e. The standard InChI is InChI=1S/C17H23N3O3S/c1-4-17(22)18-14-5-7-16(8-6-14)24(23)20-11-9-15(10-12-20)19(3)13(2)21/h4-8,15H,1,9-12H2,2-3H3,(H,18,22). The van der Waals surface area contributed by atoms with Crippen LogP contribution in [-0.2, 0) is 20.6 Å². The van der Waals surface area contributed by atoms with Gasteiger partial charge in [-0.15, -0.1) is 0 Å². The van der Waals surface area contributed by atoms with E-state index in [1.165, 1.54) is 6.08 Å². The summed E-state index contributed by atoms with van der Waals surface area (Å²) in [5, 5.41) is 2.66. The fourth-order valence-electron chi connectivity index (χ4n) is 2.65. The second-order valence-corrected chi connectivity index (χ2v) is 7.24. The largest absolute Gasteiger partial charge is 0.343 e. The molecule has 0 saturated carbocycles. The van der Waals surface area contributed by atoms with Gasteiger partial charge in [0, 0.05) is 38.8 Å². The second-order valence-electron chi connectivity index (χ2n) is 5.76. The lowest BCUT2D eigenvalue weighted by Crippen LogP contribution is -2.45. The Bertz CT molecular complexity index is 637. The third kappa shape index (κ3) is 4.52. The lowest BCUT2D eigenvalue weighted by atomic mass is 10.1. The second kappa shape index (κ2) is 8.21. The molecule has 0 aromatic heterocycles. The van der Waals surface area contributed by atoms with Gasteiger partial charge in [0.15, 0.2) is 0 Å². The van der Waals surface area contributed by atoms with E-state index in [9.17, 15) is 13.8 Å².